The minimum Gasteiger partial charge on any atom is -0.399 e. The summed E-state index contributed by atoms with van der Waals surface area (Å²) in [5.74, 6) is 0. The van der Waals surface area contributed by atoms with Gasteiger partial charge in [-0.1, -0.05) is 238 Å². The van der Waals surface area contributed by atoms with Gasteiger partial charge in [0.05, 0.1) is 11.4 Å². The van der Waals surface area contributed by atoms with Gasteiger partial charge >= 0.3 is 0 Å². The molecule has 0 bridgehead atoms. The molecule has 0 saturated carbocycles. The summed E-state index contributed by atoms with van der Waals surface area (Å²) in [5, 5.41) is 7.33. The largest absolute Gasteiger partial charge is 0.399 e. The van der Waals surface area contributed by atoms with E-state index in [0.717, 1.165) is 30.2 Å². The fourth-order valence-electron chi connectivity index (χ4n) is 8.46. The lowest BCUT2D eigenvalue weighted by Crippen LogP contribution is -2.20. The van der Waals surface area contributed by atoms with Gasteiger partial charge in [-0.3, -0.25) is 19.6 Å². The summed E-state index contributed by atoms with van der Waals surface area (Å²) in [7, 11) is 0. The zero-order chi connectivity index (χ0) is 64.3. The van der Waals surface area contributed by atoms with Gasteiger partial charge in [0.1, 0.15) is 0 Å². The summed E-state index contributed by atoms with van der Waals surface area (Å²) in [5.41, 5.74) is 25.8. The van der Waals surface area contributed by atoms with Crippen LogP contribution in [0.15, 0.2) is 101 Å². The molecule has 0 amide bonds. The van der Waals surface area contributed by atoms with Crippen LogP contribution in [0.3, 0.4) is 0 Å². The van der Waals surface area contributed by atoms with E-state index in [1.165, 1.54) is 67.0 Å². The lowest BCUT2D eigenvalue weighted by atomic mass is 9.80. The number of anilines is 3. The number of hydrogen-bond acceptors (Lipinski definition) is 7. The summed E-state index contributed by atoms with van der Waals surface area (Å²) in [4.78, 5) is 27.1. The number of carbonyl (C=O) groups is 2. The number of nitrogens with zero attached hydrogens (tertiary/aromatic N) is 2. The average Bonchev–Trinajstić information content (AvgIpc) is 3.37. The number of hydrogen-bond donors (Lipinski definition) is 3. The zero-order valence-electron chi connectivity index (χ0n) is 58.2. The van der Waals surface area contributed by atoms with Gasteiger partial charge in [-0.15, -0.1) is 0 Å². The fourth-order valence-corrected chi connectivity index (χ4v) is 8.46. The van der Waals surface area contributed by atoms with Gasteiger partial charge < -0.3 is 16.4 Å². The van der Waals surface area contributed by atoms with Crippen molar-refractivity contribution in [2.45, 2.75) is 262 Å². The van der Waals surface area contributed by atoms with E-state index in [4.69, 9.17) is 25.3 Å². The quantitative estimate of drug-likeness (QED) is 0.0448. The van der Waals surface area contributed by atoms with Gasteiger partial charge in [-0.25, -0.2) is 0 Å². The van der Waals surface area contributed by atoms with Crippen LogP contribution in [-0.4, -0.2) is 38.1 Å². The van der Waals surface area contributed by atoms with Gasteiger partial charge in [0, 0.05) is 42.6 Å². The molecule has 5 rings (SSSR count). The first kappa shape index (κ1) is 73.3. The molecule has 0 fully saturated rings. The standard InChI is InChI=1S/C30H48N2.C30H44N2.C14H23N.C2H2O2/c2*1-27(2,3)21-15-22(28(4,5)6)18-25(17-21)31-13-14-32-26-19-23(29(7,8)9)16-24(20-26)30(10,11)12;1-13(2,3)10-7-11(14(4,5)6)9-12(15)8-10;3-1-2-4/h15-20,31-32H,13-14H2,1-12H3;13-20H,1-12H3;7-9H,15H2,1-6H3;1-2H. The molecule has 0 heterocycles. The monoisotopic (exact) mass is 1130 g/mol. The van der Waals surface area contributed by atoms with E-state index in [1.807, 2.05) is 12.4 Å². The molecule has 0 aliphatic carbocycles. The molecule has 0 spiro atoms. The molecular formula is C76H117N5O2. The minimum atomic E-state index is 0.0797. The lowest BCUT2D eigenvalue weighted by Gasteiger charge is -2.27. The Morgan fingerprint density at radius 3 is 0.627 bits per heavy atom. The second-order valence-electron chi connectivity index (χ2n) is 33.2. The van der Waals surface area contributed by atoms with Crippen molar-refractivity contribution in [2.24, 2.45) is 9.98 Å². The Balaban J connectivity index is 0.000000435. The molecule has 5 aromatic rings. The maximum Gasteiger partial charge on any atom is 0.182 e. The number of nitrogens with two attached hydrogens (primary N) is 1. The molecule has 5 aromatic carbocycles. The van der Waals surface area contributed by atoms with Crippen LogP contribution in [0.25, 0.3) is 0 Å². The first-order valence-electron chi connectivity index (χ1n) is 30.3. The highest BCUT2D eigenvalue weighted by molar-refractivity contribution is 6.17. The molecule has 0 unspecified atom stereocenters. The zero-order valence-corrected chi connectivity index (χ0v) is 58.2. The Morgan fingerprint density at radius 2 is 0.458 bits per heavy atom. The van der Waals surface area contributed by atoms with Gasteiger partial charge in [-0.05, 0) is 170 Å². The molecule has 0 radical (unpaired) electrons. The molecule has 0 aliphatic rings. The van der Waals surface area contributed by atoms with Crippen molar-refractivity contribution >= 4 is 53.4 Å². The summed E-state index contributed by atoms with van der Waals surface area (Å²) >= 11 is 0. The molecule has 0 aromatic heterocycles. The number of benzene rings is 5. The Bertz CT molecular complexity index is 2640. The maximum atomic E-state index is 8.81. The molecular weight excluding hydrogens is 1010 g/mol. The second-order valence-corrected chi connectivity index (χ2v) is 33.2. The van der Waals surface area contributed by atoms with Crippen LogP contribution in [0, 0.1) is 0 Å². The third-order valence-corrected chi connectivity index (χ3v) is 14.7. The van der Waals surface area contributed by atoms with Crippen molar-refractivity contribution in [1.29, 1.82) is 0 Å². The van der Waals surface area contributed by atoms with Gasteiger partial charge in [0.2, 0.25) is 0 Å². The van der Waals surface area contributed by atoms with Crippen molar-refractivity contribution in [3.8, 4) is 0 Å². The highest BCUT2D eigenvalue weighted by atomic mass is 16.2. The van der Waals surface area contributed by atoms with Crippen molar-refractivity contribution in [3.63, 3.8) is 0 Å². The molecule has 7 heteroatoms. The molecule has 4 N–H and O–H groups in total. The van der Waals surface area contributed by atoms with E-state index in [-0.39, 0.29) is 66.7 Å². The summed E-state index contributed by atoms with van der Waals surface area (Å²) in [6.07, 6.45) is 4.02. The predicted molar refractivity (Wildman–Crippen MR) is 369 cm³/mol. The van der Waals surface area contributed by atoms with Crippen LogP contribution in [0.4, 0.5) is 28.4 Å². The number of nitrogens with one attached hydrogen (secondary N) is 2. The molecule has 7 nitrogen and oxygen atoms in total. The number of carbonyl (C=O) groups excluding carboxylic acids is 2. The van der Waals surface area contributed by atoms with Crippen LogP contribution >= 0.6 is 0 Å². The first-order chi connectivity index (χ1) is 37.3. The van der Waals surface area contributed by atoms with E-state index in [2.05, 4.69) is 309 Å². The van der Waals surface area contributed by atoms with E-state index in [9.17, 15) is 0 Å². The number of aliphatic imine (C=N–C) groups is 2. The van der Waals surface area contributed by atoms with Crippen molar-refractivity contribution in [1.82, 2.24) is 0 Å². The summed E-state index contributed by atoms with van der Waals surface area (Å²) in [6.45, 7) is 69.5. The fraction of sp³-hybridized carbons (Fsp3) is 0.553. The van der Waals surface area contributed by atoms with E-state index in [0.29, 0.717) is 0 Å². The molecule has 0 aliphatic heterocycles. The second kappa shape index (κ2) is 27.9. The van der Waals surface area contributed by atoms with Crippen LogP contribution in [0.1, 0.15) is 263 Å². The number of aldehydes is 2. The first-order valence-corrected chi connectivity index (χ1v) is 30.3. The number of rotatable bonds is 9. The van der Waals surface area contributed by atoms with Gasteiger partial charge in [-0.2, -0.15) is 0 Å². The Labute approximate surface area is 508 Å². The lowest BCUT2D eigenvalue weighted by molar-refractivity contribution is -0.122. The Morgan fingerprint density at radius 1 is 0.289 bits per heavy atom. The third kappa shape index (κ3) is 25.1. The molecule has 458 valence electrons. The van der Waals surface area contributed by atoms with E-state index in [1.54, 1.807) is 0 Å². The topological polar surface area (TPSA) is 109 Å². The predicted octanol–water partition coefficient (Wildman–Crippen LogP) is 20.6. The van der Waals surface area contributed by atoms with Crippen molar-refractivity contribution in [3.05, 3.63) is 147 Å². The highest BCUT2D eigenvalue weighted by Gasteiger charge is 2.25. The average molecular weight is 1130 g/mol. The van der Waals surface area contributed by atoms with Crippen LogP contribution < -0.4 is 16.4 Å². The molecule has 0 atom stereocenters. The SMILES string of the molecule is CC(C)(C)c1cc(N)cc(C(C)(C)C)c1.CC(C)(C)c1cc(N=CC=Nc2cc(C(C)(C)C)cc(C(C)(C)C)c2)cc(C(C)(C)C)c1.CC(C)(C)c1cc(NCCNc2cc(C(C)(C)C)cc(C(C)(C)C)c2)cc(C(C)(C)C)c1.O=CC=O. The van der Waals surface area contributed by atoms with Crippen LogP contribution in [-0.2, 0) is 63.7 Å². The van der Waals surface area contributed by atoms with Gasteiger partial charge in [0.25, 0.3) is 0 Å². The summed E-state index contributed by atoms with van der Waals surface area (Å²) < 4.78 is 0. The highest BCUT2D eigenvalue weighted by Crippen LogP contribution is 2.37. The van der Waals surface area contributed by atoms with Crippen LogP contribution in [0.5, 0.6) is 0 Å². The van der Waals surface area contributed by atoms with E-state index >= 15 is 0 Å². The molecule has 83 heavy (non-hydrogen) atoms. The minimum absolute atomic E-state index is 0.0797. The van der Waals surface area contributed by atoms with E-state index < -0.39 is 0 Å². The van der Waals surface area contributed by atoms with Gasteiger partial charge in [0.15, 0.2) is 12.6 Å². The molecule has 0 saturated heterocycles. The smallest absolute Gasteiger partial charge is 0.182 e. The van der Waals surface area contributed by atoms with Crippen molar-refractivity contribution < 1.29 is 9.59 Å². The van der Waals surface area contributed by atoms with Crippen molar-refractivity contribution in [2.75, 3.05) is 29.5 Å². The normalized spacial score (nSPS) is 13.1. The maximum absolute atomic E-state index is 8.81. The third-order valence-electron chi connectivity index (χ3n) is 14.7. The summed E-state index contributed by atoms with van der Waals surface area (Å²) in [6, 6.07) is 33.8. The Hall–Kier alpha value is -5.82. The van der Waals surface area contributed by atoms with Crippen LogP contribution in [0.2, 0.25) is 0 Å². The Kier molecular flexibility index (Phi) is 24.7. The number of nitrogen functional groups attached to an aromatic ring is 1.